The molecule has 5 heteroatoms. The van der Waals surface area contributed by atoms with Crippen molar-refractivity contribution in [2.75, 3.05) is 11.9 Å². The van der Waals surface area contributed by atoms with Crippen molar-refractivity contribution in [2.45, 2.75) is 26.3 Å². The summed E-state index contributed by atoms with van der Waals surface area (Å²) in [7, 11) is 0. The normalized spacial score (nSPS) is 15.1. The summed E-state index contributed by atoms with van der Waals surface area (Å²) in [5, 5.41) is 5.50. The molecule has 1 unspecified atom stereocenters. The van der Waals surface area contributed by atoms with E-state index in [0.29, 0.717) is 12.5 Å². The molecule has 0 saturated carbocycles. The second kappa shape index (κ2) is 4.58. The third kappa shape index (κ3) is 2.25. The lowest BCUT2D eigenvalue weighted by Crippen LogP contribution is -2.47. The van der Waals surface area contributed by atoms with Gasteiger partial charge >= 0.3 is 0 Å². The number of nitrogens with two attached hydrogens (primary N) is 1. The monoisotopic (exact) mass is 250 g/mol. The SMILES string of the molecule is CC(C)C(C)(CN)Nc1ncnc2ccsc12. The highest BCUT2D eigenvalue weighted by molar-refractivity contribution is 7.17. The van der Waals surface area contributed by atoms with Gasteiger partial charge in [0.2, 0.25) is 0 Å². The quantitative estimate of drug-likeness (QED) is 0.875. The fraction of sp³-hybridized carbons (Fsp3) is 0.500. The minimum atomic E-state index is -0.148. The molecule has 0 radical (unpaired) electrons. The van der Waals surface area contributed by atoms with Gasteiger partial charge in [-0.25, -0.2) is 9.97 Å². The highest BCUT2D eigenvalue weighted by atomic mass is 32.1. The number of fused-ring (bicyclic) bond motifs is 1. The molecule has 0 saturated heterocycles. The van der Waals surface area contributed by atoms with Crippen LogP contribution in [-0.4, -0.2) is 22.1 Å². The van der Waals surface area contributed by atoms with E-state index in [9.17, 15) is 0 Å². The second-order valence-electron chi connectivity index (χ2n) is 4.76. The Kier molecular flexibility index (Phi) is 3.31. The Morgan fingerprint density at radius 2 is 2.24 bits per heavy atom. The molecule has 4 nitrogen and oxygen atoms in total. The molecule has 0 aromatic carbocycles. The standard InChI is InChI=1S/C12H18N4S/c1-8(2)12(3,6-13)16-11-10-9(4-5-17-10)14-7-15-11/h4-5,7-8H,6,13H2,1-3H3,(H,14,15,16). The van der Waals surface area contributed by atoms with Gasteiger partial charge in [0.15, 0.2) is 0 Å². The first-order valence-electron chi connectivity index (χ1n) is 5.73. The van der Waals surface area contributed by atoms with E-state index in [1.54, 1.807) is 17.7 Å². The zero-order valence-electron chi connectivity index (χ0n) is 10.4. The smallest absolute Gasteiger partial charge is 0.147 e. The number of nitrogens with one attached hydrogen (secondary N) is 1. The summed E-state index contributed by atoms with van der Waals surface area (Å²) in [5.74, 6) is 1.31. The maximum absolute atomic E-state index is 5.87. The van der Waals surface area contributed by atoms with Gasteiger partial charge in [-0.05, 0) is 24.3 Å². The number of thiophene rings is 1. The van der Waals surface area contributed by atoms with Crippen molar-refractivity contribution in [3.05, 3.63) is 17.8 Å². The van der Waals surface area contributed by atoms with Crippen LogP contribution in [0.3, 0.4) is 0 Å². The lowest BCUT2D eigenvalue weighted by Gasteiger charge is -2.34. The molecule has 0 amide bonds. The Hall–Kier alpha value is -1.20. The number of nitrogens with zero attached hydrogens (tertiary/aromatic N) is 2. The zero-order chi connectivity index (χ0) is 12.5. The van der Waals surface area contributed by atoms with Crippen molar-refractivity contribution in [3.63, 3.8) is 0 Å². The van der Waals surface area contributed by atoms with Crippen LogP contribution in [0.2, 0.25) is 0 Å². The molecule has 0 bridgehead atoms. The molecule has 0 aliphatic heterocycles. The Morgan fingerprint density at radius 1 is 1.47 bits per heavy atom. The number of rotatable bonds is 4. The Labute approximate surface area is 105 Å². The molecular formula is C12H18N4S. The number of anilines is 1. The van der Waals surface area contributed by atoms with Crippen molar-refractivity contribution < 1.29 is 0 Å². The molecule has 0 spiro atoms. The fourth-order valence-corrected chi connectivity index (χ4v) is 2.37. The summed E-state index contributed by atoms with van der Waals surface area (Å²) in [6, 6.07) is 2.00. The molecule has 0 fully saturated rings. The van der Waals surface area contributed by atoms with Crippen LogP contribution in [0.4, 0.5) is 5.82 Å². The van der Waals surface area contributed by atoms with Crippen LogP contribution >= 0.6 is 11.3 Å². The zero-order valence-corrected chi connectivity index (χ0v) is 11.2. The van der Waals surface area contributed by atoms with Crippen LogP contribution in [-0.2, 0) is 0 Å². The van der Waals surface area contributed by atoms with Crippen molar-refractivity contribution in [2.24, 2.45) is 11.7 Å². The second-order valence-corrected chi connectivity index (χ2v) is 5.67. The topological polar surface area (TPSA) is 63.8 Å². The van der Waals surface area contributed by atoms with E-state index < -0.39 is 0 Å². The van der Waals surface area contributed by atoms with Gasteiger partial charge < -0.3 is 11.1 Å². The van der Waals surface area contributed by atoms with Gasteiger partial charge in [-0.15, -0.1) is 11.3 Å². The molecule has 2 aromatic heterocycles. The largest absolute Gasteiger partial charge is 0.362 e. The van der Waals surface area contributed by atoms with Crippen LogP contribution in [0, 0.1) is 5.92 Å². The van der Waals surface area contributed by atoms with E-state index in [4.69, 9.17) is 5.73 Å². The average molecular weight is 250 g/mol. The van der Waals surface area contributed by atoms with E-state index in [-0.39, 0.29) is 5.54 Å². The first-order chi connectivity index (χ1) is 8.07. The Bertz CT molecular complexity index is 508. The molecule has 0 aliphatic rings. The van der Waals surface area contributed by atoms with E-state index in [0.717, 1.165) is 16.0 Å². The van der Waals surface area contributed by atoms with Crippen molar-refractivity contribution in [3.8, 4) is 0 Å². The highest BCUT2D eigenvalue weighted by Crippen LogP contribution is 2.29. The third-order valence-electron chi connectivity index (χ3n) is 3.35. The minimum Gasteiger partial charge on any atom is -0.362 e. The average Bonchev–Trinajstić information content (AvgIpc) is 2.77. The van der Waals surface area contributed by atoms with Crippen LogP contribution in [0.15, 0.2) is 17.8 Å². The van der Waals surface area contributed by atoms with E-state index in [1.165, 1.54) is 0 Å². The predicted molar refractivity (Wildman–Crippen MR) is 73.3 cm³/mol. The summed E-state index contributed by atoms with van der Waals surface area (Å²) < 4.78 is 1.09. The maximum atomic E-state index is 5.87. The lowest BCUT2D eigenvalue weighted by molar-refractivity contribution is 0.382. The molecular weight excluding hydrogens is 232 g/mol. The van der Waals surface area contributed by atoms with Gasteiger partial charge in [-0.1, -0.05) is 13.8 Å². The highest BCUT2D eigenvalue weighted by Gasteiger charge is 2.27. The van der Waals surface area contributed by atoms with Crippen molar-refractivity contribution in [1.82, 2.24) is 9.97 Å². The van der Waals surface area contributed by atoms with E-state index in [2.05, 4.69) is 36.1 Å². The Balaban J connectivity index is 2.38. The number of hydrogen-bond donors (Lipinski definition) is 2. The molecule has 1 atom stereocenters. The summed E-state index contributed by atoms with van der Waals surface area (Å²) in [4.78, 5) is 8.56. The van der Waals surface area contributed by atoms with Crippen LogP contribution in [0.25, 0.3) is 10.2 Å². The first-order valence-corrected chi connectivity index (χ1v) is 6.61. The minimum absolute atomic E-state index is 0.148. The maximum Gasteiger partial charge on any atom is 0.147 e. The van der Waals surface area contributed by atoms with Gasteiger partial charge in [0, 0.05) is 6.54 Å². The molecule has 2 rings (SSSR count). The van der Waals surface area contributed by atoms with Crippen LogP contribution in [0.1, 0.15) is 20.8 Å². The summed E-state index contributed by atoms with van der Waals surface area (Å²) in [6.45, 7) is 7.01. The Morgan fingerprint density at radius 3 is 2.88 bits per heavy atom. The fourth-order valence-electron chi connectivity index (χ4n) is 1.58. The van der Waals surface area contributed by atoms with Gasteiger partial charge in [0.05, 0.1) is 15.8 Å². The number of aromatic nitrogens is 2. The number of hydrogen-bond acceptors (Lipinski definition) is 5. The van der Waals surface area contributed by atoms with Gasteiger partial charge in [0.1, 0.15) is 12.1 Å². The van der Waals surface area contributed by atoms with Crippen molar-refractivity contribution in [1.29, 1.82) is 0 Å². The van der Waals surface area contributed by atoms with Gasteiger partial charge in [-0.2, -0.15) is 0 Å². The van der Waals surface area contributed by atoms with Crippen molar-refractivity contribution >= 4 is 27.4 Å². The predicted octanol–water partition coefficient (Wildman–Crippen LogP) is 2.48. The molecule has 3 N–H and O–H groups in total. The molecule has 17 heavy (non-hydrogen) atoms. The summed E-state index contributed by atoms with van der Waals surface area (Å²) >= 11 is 1.65. The third-order valence-corrected chi connectivity index (χ3v) is 4.26. The van der Waals surface area contributed by atoms with Gasteiger partial charge in [-0.3, -0.25) is 0 Å². The molecule has 0 aliphatic carbocycles. The lowest BCUT2D eigenvalue weighted by atomic mass is 9.88. The summed E-state index contributed by atoms with van der Waals surface area (Å²) in [5.41, 5.74) is 6.71. The van der Waals surface area contributed by atoms with Gasteiger partial charge in [0.25, 0.3) is 0 Å². The van der Waals surface area contributed by atoms with Crippen LogP contribution in [0.5, 0.6) is 0 Å². The van der Waals surface area contributed by atoms with E-state index in [1.807, 2.05) is 11.4 Å². The molecule has 92 valence electrons. The summed E-state index contributed by atoms with van der Waals surface area (Å²) in [6.07, 6.45) is 1.59. The first kappa shape index (κ1) is 12.3. The molecule has 2 aromatic rings. The van der Waals surface area contributed by atoms with E-state index >= 15 is 0 Å². The van der Waals surface area contributed by atoms with Crippen LogP contribution < -0.4 is 11.1 Å². The molecule has 2 heterocycles.